The first-order valence-electron chi connectivity index (χ1n) is 3.97. The first-order valence-corrected chi connectivity index (χ1v) is 4.41. The average Bonchev–Trinajstić information content (AvgIpc) is 1.96. The van der Waals surface area contributed by atoms with Crippen LogP contribution in [0.4, 0.5) is 0 Å². The van der Waals surface area contributed by atoms with Gasteiger partial charge >= 0.3 is 0 Å². The van der Waals surface area contributed by atoms with Gasteiger partial charge < -0.3 is 5.32 Å². The summed E-state index contributed by atoms with van der Waals surface area (Å²) < 4.78 is 0. The van der Waals surface area contributed by atoms with Crippen molar-refractivity contribution in [3.8, 4) is 6.07 Å². The molecule has 1 rings (SSSR count). The van der Waals surface area contributed by atoms with Crippen LogP contribution < -0.4 is 5.32 Å². The Morgan fingerprint density at radius 3 is 2.58 bits per heavy atom. The number of nitrogens with one attached hydrogen (secondary N) is 1. The molecular formula is C8H11ClN2O. The third kappa shape index (κ3) is 1.70. The van der Waals surface area contributed by atoms with Gasteiger partial charge in [-0.3, -0.25) is 4.79 Å². The highest BCUT2D eigenvalue weighted by Crippen LogP contribution is 2.31. The van der Waals surface area contributed by atoms with Crippen molar-refractivity contribution >= 4 is 17.5 Å². The maximum atomic E-state index is 11.1. The third-order valence-corrected chi connectivity index (χ3v) is 2.34. The molecule has 0 aromatic rings. The molecule has 1 aliphatic rings. The molecule has 0 radical (unpaired) electrons. The summed E-state index contributed by atoms with van der Waals surface area (Å²) in [6.07, 6.45) is 2.50. The predicted octanol–water partition coefficient (Wildman–Crippen LogP) is 1.18. The zero-order chi connectivity index (χ0) is 9.19. The lowest BCUT2D eigenvalue weighted by Crippen LogP contribution is -2.54. The van der Waals surface area contributed by atoms with Gasteiger partial charge in [0, 0.05) is 0 Å². The topological polar surface area (TPSA) is 52.9 Å². The minimum atomic E-state index is -0.611. The van der Waals surface area contributed by atoms with Crippen molar-refractivity contribution in [3.63, 3.8) is 0 Å². The molecule has 1 aliphatic carbocycles. The molecular weight excluding hydrogens is 176 g/mol. The van der Waals surface area contributed by atoms with E-state index < -0.39 is 10.9 Å². The van der Waals surface area contributed by atoms with Gasteiger partial charge in [0.15, 0.2) is 0 Å². The molecule has 66 valence electrons. The summed E-state index contributed by atoms with van der Waals surface area (Å²) in [6, 6.07) is 2.11. The molecule has 0 heterocycles. The van der Waals surface area contributed by atoms with Crippen LogP contribution in [-0.2, 0) is 4.79 Å². The lowest BCUT2D eigenvalue weighted by Gasteiger charge is -2.36. The highest BCUT2D eigenvalue weighted by atomic mass is 35.5. The van der Waals surface area contributed by atoms with E-state index in [9.17, 15) is 4.79 Å². The Morgan fingerprint density at radius 1 is 1.75 bits per heavy atom. The molecule has 0 bridgehead atoms. The van der Waals surface area contributed by atoms with E-state index in [2.05, 4.69) is 11.4 Å². The third-order valence-electron chi connectivity index (χ3n) is 2.14. The Morgan fingerprint density at radius 2 is 2.33 bits per heavy atom. The fourth-order valence-electron chi connectivity index (χ4n) is 1.13. The number of amides is 1. The second-order valence-electron chi connectivity index (χ2n) is 3.15. The van der Waals surface area contributed by atoms with Crippen LogP contribution in [0.3, 0.4) is 0 Å². The number of carbonyl (C=O) groups is 1. The monoisotopic (exact) mass is 186 g/mol. The number of hydrogen-bond donors (Lipinski definition) is 1. The van der Waals surface area contributed by atoms with Crippen LogP contribution in [0.25, 0.3) is 0 Å². The van der Waals surface area contributed by atoms with Gasteiger partial charge in [-0.1, -0.05) is 0 Å². The summed E-state index contributed by atoms with van der Waals surface area (Å²) in [5.41, 5.74) is -0.611. The molecule has 0 aromatic carbocycles. The molecule has 0 aliphatic heterocycles. The van der Waals surface area contributed by atoms with E-state index in [1.165, 1.54) is 0 Å². The van der Waals surface area contributed by atoms with Crippen LogP contribution >= 0.6 is 11.6 Å². The average molecular weight is 187 g/mol. The maximum Gasteiger partial charge on any atom is 0.239 e. The Labute approximate surface area is 76.7 Å². The van der Waals surface area contributed by atoms with Gasteiger partial charge in [0.05, 0.1) is 6.07 Å². The van der Waals surface area contributed by atoms with Crippen LogP contribution in [0.1, 0.15) is 26.2 Å². The van der Waals surface area contributed by atoms with E-state index in [4.69, 9.17) is 16.9 Å². The molecule has 3 nitrogen and oxygen atoms in total. The highest BCUT2D eigenvalue weighted by molar-refractivity contribution is 6.30. The van der Waals surface area contributed by atoms with E-state index >= 15 is 0 Å². The lowest BCUT2D eigenvalue weighted by atomic mass is 9.78. The van der Waals surface area contributed by atoms with Crippen LogP contribution in [0.15, 0.2) is 0 Å². The SMILES string of the molecule is C[C@H](Cl)C(=O)NC1(C#N)CCC1. The van der Waals surface area contributed by atoms with Gasteiger partial charge in [0.1, 0.15) is 10.9 Å². The molecule has 0 aromatic heterocycles. The van der Waals surface area contributed by atoms with Crippen LogP contribution in [-0.4, -0.2) is 16.8 Å². The molecule has 0 unspecified atom stereocenters. The van der Waals surface area contributed by atoms with Crippen molar-refractivity contribution in [1.82, 2.24) is 5.32 Å². The van der Waals surface area contributed by atoms with Crippen LogP contribution in [0.2, 0.25) is 0 Å². The number of alkyl halides is 1. The lowest BCUT2D eigenvalue weighted by molar-refractivity contribution is -0.122. The van der Waals surface area contributed by atoms with Gasteiger partial charge in [-0.15, -0.1) is 11.6 Å². The van der Waals surface area contributed by atoms with E-state index in [1.54, 1.807) is 6.92 Å². The van der Waals surface area contributed by atoms with Crippen molar-refractivity contribution in [3.05, 3.63) is 0 Å². The summed E-state index contributed by atoms with van der Waals surface area (Å²) in [6.45, 7) is 1.60. The Kier molecular flexibility index (Phi) is 2.58. The number of nitriles is 1. The first-order chi connectivity index (χ1) is 5.59. The summed E-state index contributed by atoms with van der Waals surface area (Å²) >= 11 is 5.55. The van der Waals surface area contributed by atoms with Gasteiger partial charge in [-0.2, -0.15) is 5.26 Å². The number of nitrogens with zero attached hydrogens (tertiary/aromatic N) is 1. The quantitative estimate of drug-likeness (QED) is 0.659. The van der Waals surface area contributed by atoms with Gasteiger partial charge in [-0.05, 0) is 26.2 Å². The van der Waals surface area contributed by atoms with Crippen LogP contribution in [0.5, 0.6) is 0 Å². The zero-order valence-corrected chi connectivity index (χ0v) is 7.69. The predicted molar refractivity (Wildman–Crippen MR) is 45.7 cm³/mol. The molecule has 1 atom stereocenters. The van der Waals surface area contributed by atoms with E-state index in [1.807, 2.05) is 0 Å². The van der Waals surface area contributed by atoms with Crippen molar-refractivity contribution in [1.29, 1.82) is 5.26 Å². The van der Waals surface area contributed by atoms with Crippen LogP contribution in [0, 0.1) is 11.3 Å². The Balaban J connectivity index is 2.50. The molecule has 1 fully saturated rings. The summed E-state index contributed by atoms with van der Waals surface area (Å²) in [5, 5.41) is 10.8. The van der Waals surface area contributed by atoms with Gasteiger partial charge in [0.25, 0.3) is 0 Å². The van der Waals surface area contributed by atoms with Gasteiger partial charge in [0.2, 0.25) is 5.91 Å². The first kappa shape index (κ1) is 9.34. The van der Waals surface area contributed by atoms with Crippen molar-refractivity contribution in [2.75, 3.05) is 0 Å². The zero-order valence-electron chi connectivity index (χ0n) is 6.93. The standard InChI is InChI=1S/C8H11ClN2O/c1-6(9)7(12)11-8(5-10)3-2-4-8/h6H,2-4H2,1H3,(H,11,12)/t6-/m0/s1. The molecule has 1 amide bonds. The van der Waals surface area contributed by atoms with E-state index in [0.717, 1.165) is 19.3 Å². The molecule has 0 spiro atoms. The van der Waals surface area contributed by atoms with E-state index in [0.29, 0.717) is 0 Å². The fraction of sp³-hybridized carbons (Fsp3) is 0.750. The number of hydrogen-bond acceptors (Lipinski definition) is 2. The van der Waals surface area contributed by atoms with Gasteiger partial charge in [-0.25, -0.2) is 0 Å². The number of halogens is 1. The van der Waals surface area contributed by atoms with Crippen molar-refractivity contribution in [2.45, 2.75) is 37.1 Å². The van der Waals surface area contributed by atoms with Crippen molar-refractivity contribution in [2.24, 2.45) is 0 Å². The molecule has 4 heteroatoms. The normalized spacial score (nSPS) is 21.8. The number of rotatable bonds is 2. The fourth-order valence-corrected chi connectivity index (χ4v) is 1.18. The number of carbonyl (C=O) groups excluding carboxylic acids is 1. The highest BCUT2D eigenvalue weighted by Gasteiger charge is 2.39. The molecule has 1 N–H and O–H groups in total. The second-order valence-corrected chi connectivity index (χ2v) is 3.81. The molecule has 1 saturated carbocycles. The summed E-state index contributed by atoms with van der Waals surface area (Å²) in [4.78, 5) is 11.1. The largest absolute Gasteiger partial charge is 0.337 e. The molecule has 0 saturated heterocycles. The Hall–Kier alpha value is -0.750. The molecule has 12 heavy (non-hydrogen) atoms. The minimum Gasteiger partial charge on any atom is -0.337 e. The summed E-state index contributed by atoms with van der Waals surface area (Å²) in [7, 11) is 0. The smallest absolute Gasteiger partial charge is 0.239 e. The minimum absolute atomic E-state index is 0.252. The second kappa shape index (κ2) is 3.32. The summed E-state index contributed by atoms with van der Waals surface area (Å²) in [5.74, 6) is -0.252. The maximum absolute atomic E-state index is 11.1. The Bertz CT molecular complexity index is 228. The van der Waals surface area contributed by atoms with E-state index in [-0.39, 0.29) is 5.91 Å². The van der Waals surface area contributed by atoms with Crippen molar-refractivity contribution < 1.29 is 4.79 Å².